The van der Waals surface area contributed by atoms with Crippen molar-refractivity contribution in [2.45, 2.75) is 40.0 Å². The van der Waals surface area contributed by atoms with Gasteiger partial charge in [-0.15, -0.1) is 0 Å². The fourth-order valence-electron chi connectivity index (χ4n) is 2.23. The Morgan fingerprint density at radius 3 is 1.46 bits per heavy atom. The fourth-order valence-corrected chi connectivity index (χ4v) is 2.23. The molecule has 13 heavy (non-hydrogen) atoms. The number of aliphatic hydroxyl groups is 1. The molecule has 78 valence electrons. The molecule has 0 radical (unpaired) electrons. The largest absolute Gasteiger partial charge is 0.414 e. The van der Waals surface area contributed by atoms with Crippen molar-refractivity contribution in [2.24, 2.45) is 16.7 Å². The third-order valence-corrected chi connectivity index (χ3v) is 3.78. The van der Waals surface area contributed by atoms with Crippen molar-refractivity contribution in [1.82, 2.24) is 0 Å². The van der Waals surface area contributed by atoms with E-state index in [0.717, 1.165) is 0 Å². The maximum absolute atomic E-state index is 12.2. The Labute approximate surface area is 75.9 Å². The van der Waals surface area contributed by atoms with Crippen molar-refractivity contribution in [2.75, 3.05) is 0 Å². The van der Waals surface area contributed by atoms with Crippen LogP contribution in [-0.4, -0.2) is 17.4 Å². The molecule has 0 aromatic carbocycles. The fraction of sp³-hybridized carbons (Fsp3) is 1.00. The molecule has 1 saturated carbocycles. The molecule has 1 rings (SSSR count). The first-order valence-electron chi connectivity index (χ1n) is 4.27. The van der Waals surface area contributed by atoms with Crippen molar-refractivity contribution in [3.63, 3.8) is 0 Å². The monoisotopic (exact) mass is 196 g/mol. The Bertz CT molecular complexity index is 203. The molecule has 1 aliphatic carbocycles. The van der Waals surface area contributed by atoms with E-state index in [1.807, 2.05) is 0 Å². The van der Waals surface area contributed by atoms with Gasteiger partial charge in [-0.3, -0.25) is 0 Å². The average Bonchev–Trinajstić information content (AvgIpc) is 2.21. The lowest BCUT2D eigenvalue weighted by molar-refractivity contribution is -0.214. The second-order valence-electron chi connectivity index (χ2n) is 4.91. The Morgan fingerprint density at radius 1 is 1.08 bits per heavy atom. The van der Waals surface area contributed by atoms with Gasteiger partial charge in [-0.25, -0.2) is 0 Å². The summed E-state index contributed by atoms with van der Waals surface area (Å²) in [4.78, 5) is 0. The molecular formula is C9H15F3O. The number of halogens is 3. The Morgan fingerprint density at radius 2 is 1.38 bits per heavy atom. The predicted octanol–water partition coefficient (Wildman–Crippen LogP) is 2.59. The lowest BCUT2D eigenvalue weighted by Crippen LogP contribution is -2.32. The molecule has 1 nitrogen and oxygen atoms in total. The SMILES string of the molecule is CC1(C)C([C@H](O)C(F)(F)F)C1(C)C. The number of aliphatic hydroxyl groups excluding tert-OH is 1. The van der Waals surface area contributed by atoms with E-state index >= 15 is 0 Å². The van der Waals surface area contributed by atoms with Crippen molar-refractivity contribution in [3.05, 3.63) is 0 Å². The lowest BCUT2D eigenvalue weighted by atomic mass is 10.0. The summed E-state index contributed by atoms with van der Waals surface area (Å²) in [5.74, 6) is -0.681. The third-order valence-electron chi connectivity index (χ3n) is 3.78. The summed E-state index contributed by atoms with van der Waals surface area (Å²) < 4.78 is 36.5. The Kier molecular flexibility index (Phi) is 2.01. The zero-order chi connectivity index (χ0) is 10.7. The molecule has 0 spiro atoms. The highest BCUT2D eigenvalue weighted by atomic mass is 19.4. The van der Waals surface area contributed by atoms with Gasteiger partial charge in [0.1, 0.15) is 0 Å². The van der Waals surface area contributed by atoms with Gasteiger partial charge in [0, 0.05) is 5.92 Å². The Hall–Kier alpha value is -0.250. The average molecular weight is 196 g/mol. The molecule has 0 bridgehead atoms. The van der Waals surface area contributed by atoms with Crippen molar-refractivity contribution in [3.8, 4) is 0 Å². The summed E-state index contributed by atoms with van der Waals surface area (Å²) >= 11 is 0. The molecular weight excluding hydrogens is 181 g/mol. The van der Waals surface area contributed by atoms with Crippen molar-refractivity contribution >= 4 is 0 Å². The summed E-state index contributed by atoms with van der Waals surface area (Å²) in [6, 6.07) is 0. The van der Waals surface area contributed by atoms with Gasteiger partial charge in [-0.1, -0.05) is 27.7 Å². The topological polar surface area (TPSA) is 20.2 Å². The van der Waals surface area contributed by atoms with E-state index in [9.17, 15) is 13.2 Å². The molecule has 0 heterocycles. The van der Waals surface area contributed by atoms with Crippen LogP contribution in [0.4, 0.5) is 13.2 Å². The van der Waals surface area contributed by atoms with E-state index in [1.54, 1.807) is 27.7 Å². The molecule has 1 aliphatic rings. The lowest BCUT2D eigenvalue weighted by Gasteiger charge is -2.16. The molecule has 0 aromatic heterocycles. The number of hydrogen-bond acceptors (Lipinski definition) is 1. The number of rotatable bonds is 1. The second-order valence-corrected chi connectivity index (χ2v) is 4.91. The first-order valence-corrected chi connectivity index (χ1v) is 4.27. The van der Waals surface area contributed by atoms with E-state index in [0.29, 0.717) is 0 Å². The summed E-state index contributed by atoms with van der Waals surface area (Å²) in [6.07, 6.45) is -6.67. The number of alkyl halides is 3. The van der Waals surface area contributed by atoms with Crippen LogP contribution in [0.15, 0.2) is 0 Å². The molecule has 0 unspecified atom stereocenters. The molecule has 1 N–H and O–H groups in total. The van der Waals surface area contributed by atoms with Crippen LogP contribution in [0.2, 0.25) is 0 Å². The van der Waals surface area contributed by atoms with Crippen molar-refractivity contribution in [1.29, 1.82) is 0 Å². The van der Waals surface area contributed by atoms with Crippen LogP contribution in [0, 0.1) is 16.7 Å². The smallest absolute Gasteiger partial charge is 0.383 e. The maximum Gasteiger partial charge on any atom is 0.414 e. The van der Waals surface area contributed by atoms with Gasteiger partial charge >= 0.3 is 6.18 Å². The van der Waals surface area contributed by atoms with Gasteiger partial charge in [0.15, 0.2) is 6.10 Å². The number of hydrogen-bond donors (Lipinski definition) is 1. The zero-order valence-electron chi connectivity index (χ0n) is 8.24. The summed E-state index contributed by atoms with van der Waals surface area (Å²) in [7, 11) is 0. The van der Waals surface area contributed by atoms with Gasteiger partial charge in [0.05, 0.1) is 0 Å². The summed E-state index contributed by atoms with van der Waals surface area (Å²) in [5, 5.41) is 9.07. The minimum atomic E-state index is -4.49. The Balaban J connectivity index is 2.80. The van der Waals surface area contributed by atoms with Crippen molar-refractivity contribution < 1.29 is 18.3 Å². The summed E-state index contributed by atoms with van der Waals surface area (Å²) in [5.41, 5.74) is -0.857. The van der Waals surface area contributed by atoms with Crippen LogP contribution >= 0.6 is 0 Å². The van der Waals surface area contributed by atoms with Gasteiger partial charge in [-0.2, -0.15) is 13.2 Å². The standard InChI is InChI=1S/C9H15F3O/c1-7(2)5(8(7,3)4)6(13)9(10,11)12/h5-6,13H,1-4H3/t6-/m0/s1. The highest BCUT2D eigenvalue weighted by Gasteiger charge is 2.71. The first kappa shape index (κ1) is 10.8. The van der Waals surface area contributed by atoms with Crippen LogP contribution in [-0.2, 0) is 0 Å². The second kappa shape index (κ2) is 2.41. The van der Waals surface area contributed by atoms with Gasteiger partial charge in [-0.05, 0) is 10.8 Å². The first-order chi connectivity index (χ1) is 5.53. The zero-order valence-corrected chi connectivity index (χ0v) is 8.24. The molecule has 4 heteroatoms. The van der Waals surface area contributed by atoms with E-state index < -0.39 is 29.0 Å². The van der Waals surface area contributed by atoms with Gasteiger partial charge in [0.2, 0.25) is 0 Å². The molecule has 0 aliphatic heterocycles. The van der Waals surface area contributed by atoms with Crippen LogP contribution in [0.3, 0.4) is 0 Å². The van der Waals surface area contributed by atoms with Crippen LogP contribution in [0.1, 0.15) is 27.7 Å². The van der Waals surface area contributed by atoms with Crippen LogP contribution in [0.5, 0.6) is 0 Å². The normalized spacial score (nSPS) is 28.6. The summed E-state index contributed by atoms with van der Waals surface area (Å²) in [6.45, 7) is 7.03. The maximum atomic E-state index is 12.2. The molecule has 0 amide bonds. The highest BCUT2D eigenvalue weighted by molar-refractivity contribution is 5.15. The van der Waals surface area contributed by atoms with Crippen LogP contribution < -0.4 is 0 Å². The van der Waals surface area contributed by atoms with Gasteiger partial charge < -0.3 is 5.11 Å². The minimum Gasteiger partial charge on any atom is -0.383 e. The van der Waals surface area contributed by atoms with Gasteiger partial charge in [0.25, 0.3) is 0 Å². The molecule has 1 atom stereocenters. The van der Waals surface area contributed by atoms with E-state index in [1.165, 1.54) is 0 Å². The van der Waals surface area contributed by atoms with E-state index in [4.69, 9.17) is 5.11 Å². The third kappa shape index (κ3) is 1.35. The predicted molar refractivity (Wildman–Crippen MR) is 43.1 cm³/mol. The molecule has 0 saturated heterocycles. The van der Waals surface area contributed by atoms with E-state index in [-0.39, 0.29) is 0 Å². The van der Waals surface area contributed by atoms with E-state index in [2.05, 4.69) is 0 Å². The minimum absolute atomic E-state index is 0.429. The quantitative estimate of drug-likeness (QED) is 0.683. The highest BCUT2D eigenvalue weighted by Crippen LogP contribution is 2.70. The van der Waals surface area contributed by atoms with Crippen LogP contribution in [0.25, 0.3) is 0 Å². The molecule has 0 aromatic rings. The molecule has 1 fully saturated rings.